The second kappa shape index (κ2) is 6.09. The molecule has 3 rings (SSSR count). The average molecular weight is 271 g/mol. The SMILES string of the molecule is O=C1NCCCN1C1=CCN(Cc2ccccc2)CC1. The van der Waals surface area contributed by atoms with Gasteiger partial charge in [-0.1, -0.05) is 36.4 Å². The van der Waals surface area contributed by atoms with E-state index in [2.05, 4.69) is 40.6 Å². The van der Waals surface area contributed by atoms with Crippen LogP contribution < -0.4 is 5.32 Å². The molecule has 1 saturated heterocycles. The summed E-state index contributed by atoms with van der Waals surface area (Å²) in [5.41, 5.74) is 2.53. The molecule has 0 aromatic heterocycles. The Kier molecular flexibility index (Phi) is 4.02. The Bertz CT molecular complexity index is 498. The minimum atomic E-state index is 0.0685. The Hall–Kier alpha value is -1.81. The highest BCUT2D eigenvalue weighted by atomic mass is 16.2. The summed E-state index contributed by atoms with van der Waals surface area (Å²) < 4.78 is 0. The number of amides is 2. The first-order chi connectivity index (χ1) is 9.83. The van der Waals surface area contributed by atoms with Crippen LogP contribution in [0.1, 0.15) is 18.4 Å². The number of nitrogens with zero attached hydrogens (tertiary/aromatic N) is 2. The zero-order chi connectivity index (χ0) is 13.8. The molecule has 0 aliphatic carbocycles. The summed E-state index contributed by atoms with van der Waals surface area (Å²) in [6.45, 7) is 4.59. The van der Waals surface area contributed by atoms with Crippen LogP contribution in [-0.4, -0.2) is 42.0 Å². The van der Waals surface area contributed by atoms with Gasteiger partial charge in [0.15, 0.2) is 0 Å². The fourth-order valence-corrected chi connectivity index (χ4v) is 2.83. The van der Waals surface area contributed by atoms with E-state index in [-0.39, 0.29) is 6.03 Å². The molecule has 0 atom stereocenters. The van der Waals surface area contributed by atoms with Crippen LogP contribution in [0, 0.1) is 0 Å². The normalized spacial score (nSPS) is 20.5. The maximum atomic E-state index is 11.8. The maximum Gasteiger partial charge on any atom is 0.321 e. The van der Waals surface area contributed by atoms with Crippen LogP contribution >= 0.6 is 0 Å². The molecule has 20 heavy (non-hydrogen) atoms. The fourth-order valence-electron chi connectivity index (χ4n) is 2.83. The third-order valence-electron chi connectivity index (χ3n) is 3.94. The van der Waals surface area contributed by atoms with Crippen LogP contribution in [0.3, 0.4) is 0 Å². The highest BCUT2D eigenvalue weighted by molar-refractivity contribution is 5.76. The lowest BCUT2D eigenvalue weighted by Crippen LogP contribution is -2.47. The van der Waals surface area contributed by atoms with Gasteiger partial charge in [-0.15, -0.1) is 0 Å². The van der Waals surface area contributed by atoms with E-state index < -0.39 is 0 Å². The van der Waals surface area contributed by atoms with E-state index in [0.29, 0.717) is 0 Å². The largest absolute Gasteiger partial charge is 0.338 e. The summed E-state index contributed by atoms with van der Waals surface area (Å²) in [4.78, 5) is 16.1. The van der Waals surface area contributed by atoms with E-state index >= 15 is 0 Å². The van der Waals surface area contributed by atoms with Crippen molar-refractivity contribution in [3.05, 3.63) is 47.7 Å². The molecule has 2 amide bonds. The summed E-state index contributed by atoms with van der Waals surface area (Å²) in [6.07, 6.45) is 4.20. The van der Waals surface area contributed by atoms with Crippen LogP contribution in [0.5, 0.6) is 0 Å². The molecule has 2 aliphatic rings. The number of benzene rings is 1. The second-order valence-electron chi connectivity index (χ2n) is 5.40. The van der Waals surface area contributed by atoms with E-state index in [4.69, 9.17) is 0 Å². The lowest BCUT2D eigenvalue weighted by molar-refractivity contribution is 0.192. The van der Waals surface area contributed by atoms with E-state index in [0.717, 1.165) is 45.6 Å². The summed E-state index contributed by atoms with van der Waals surface area (Å²) >= 11 is 0. The Labute approximate surface area is 120 Å². The molecule has 1 N–H and O–H groups in total. The van der Waals surface area contributed by atoms with E-state index in [1.807, 2.05) is 11.0 Å². The summed E-state index contributed by atoms with van der Waals surface area (Å²) in [7, 11) is 0. The van der Waals surface area contributed by atoms with Gasteiger partial charge in [0.2, 0.25) is 0 Å². The van der Waals surface area contributed by atoms with Crippen molar-refractivity contribution in [3.8, 4) is 0 Å². The number of urea groups is 1. The third-order valence-corrected chi connectivity index (χ3v) is 3.94. The van der Waals surface area contributed by atoms with Gasteiger partial charge < -0.3 is 5.32 Å². The molecule has 0 unspecified atom stereocenters. The Morgan fingerprint density at radius 3 is 2.70 bits per heavy atom. The summed E-state index contributed by atoms with van der Waals surface area (Å²) in [5.74, 6) is 0. The molecule has 106 valence electrons. The molecular formula is C16H21N3O. The van der Waals surface area contributed by atoms with Crippen molar-refractivity contribution in [1.82, 2.24) is 15.1 Å². The third kappa shape index (κ3) is 3.02. The molecule has 1 fully saturated rings. The van der Waals surface area contributed by atoms with Crippen LogP contribution in [0.25, 0.3) is 0 Å². The number of rotatable bonds is 3. The van der Waals surface area contributed by atoms with Crippen LogP contribution in [-0.2, 0) is 6.54 Å². The van der Waals surface area contributed by atoms with Gasteiger partial charge in [0.05, 0.1) is 0 Å². The molecule has 1 aromatic rings. The number of nitrogens with one attached hydrogen (secondary N) is 1. The van der Waals surface area contributed by atoms with E-state index in [9.17, 15) is 4.79 Å². The lowest BCUT2D eigenvalue weighted by Gasteiger charge is -2.34. The minimum Gasteiger partial charge on any atom is -0.338 e. The van der Waals surface area contributed by atoms with Gasteiger partial charge in [-0.25, -0.2) is 4.79 Å². The van der Waals surface area contributed by atoms with Crippen molar-refractivity contribution in [2.75, 3.05) is 26.2 Å². The Balaban J connectivity index is 1.59. The lowest BCUT2D eigenvalue weighted by atomic mass is 10.1. The first kappa shape index (κ1) is 13.2. The van der Waals surface area contributed by atoms with Crippen molar-refractivity contribution >= 4 is 6.03 Å². The monoisotopic (exact) mass is 271 g/mol. The van der Waals surface area contributed by atoms with Crippen molar-refractivity contribution < 1.29 is 4.79 Å². The first-order valence-corrected chi connectivity index (χ1v) is 7.33. The van der Waals surface area contributed by atoms with Gasteiger partial charge in [0.25, 0.3) is 0 Å². The predicted molar refractivity (Wildman–Crippen MR) is 79.1 cm³/mol. The van der Waals surface area contributed by atoms with Gasteiger partial charge in [0, 0.05) is 44.8 Å². The molecule has 0 bridgehead atoms. The molecule has 1 aromatic carbocycles. The number of carbonyl (C=O) groups is 1. The highest BCUT2D eigenvalue weighted by Gasteiger charge is 2.23. The average Bonchev–Trinajstić information content (AvgIpc) is 2.50. The molecule has 2 aliphatic heterocycles. The zero-order valence-electron chi connectivity index (χ0n) is 11.7. The zero-order valence-corrected chi connectivity index (χ0v) is 11.7. The smallest absolute Gasteiger partial charge is 0.321 e. The van der Waals surface area contributed by atoms with Gasteiger partial charge in [-0.3, -0.25) is 9.80 Å². The number of hydrogen-bond donors (Lipinski definition) is 1. The number of carbonyl (C=O) groups excluding carboxylic acids is 1. The Morgan fingerprint density at radius 2 is 2.00 bits per heavy atom. The summed E-state index contributed by atoms with van der Waals surface area (Å²) in [6, 6.07) is 10.6. The fraction of sp³-hybridized carbons (Fsp3) is 0.438. The molecule has 0 spiro atoms. The molecule has 4 heteroatoms. The topological polar surface area (TPSA) is 35.6 Å². The van der Waals surface area contributed by atoms with E-state index in [1.54, 1.807) is 0 Å². The quantitative estimate of drug-likeness (QED) is 0.914. The van der Waals surface area contributed by atoms with Gasteiger partial charge >= 0.3 is 6.03 Å². The van der Waals surface area contributed by atoms with Crippen molar-refractivity contribution in [1.29, 1.82) is 0 Å². The molecule has 2 heterocycles. The molecular weight excluding hydrogens is 250 g/mol. The van der Waals surface area contributed by atoms with Crippen molar-refractivity contribution in [2.45, 2.75) is 19.4 Å². The minimum absolute atomic E-state index is 0.0685. The first-order valence-electron chi connectivity index (χ1n) is 7.33. The standard InChI is InChI=1S/C16H21N3O/c20-16-17-9-4-10-19(16)15-7-11-18(12-8-15)13-14-5-2-1-3-6-14/h1-3,5-7H,4,8-13H2,(H,17,20). The van der Waals surface area contributed by atoms with Gasteiger partial charge in [0.1, 0.15) is 0 Å². The van der Waals surface area contributed by atoms with Gasteiger partial charge in [-0.05, 0) is 12.0 Å². The van der Waals surface area contributed by atoms with Crippen LogP contribution in [0.15, 0.2) is 42.1 Å². The summed E-state index contributed by atoms with van der Waals surface area (Å²) in [5, 5.41) is 2.91. The number of hydrogen-bond acceptors (Lipinski definition) is 2. The maximum absolute atomic E-state index is 11.8. The van der Waals surface area contributed by atoms with Gasteiger partial charge in [-0.2, -0.15) is 0 Å². The molecule has 4 nitrogen and oxygen atoms in total. The van der Waals surface area contributed by atoms with E-state index in [1.165, 1.54) is 11.3 Å². The van der Waals surface area contributed by atoms with Crippen LogP contribution in [0.2, 0.25) is 0 Å². The molecule has 0 saturated carbocycles. The van der Waals surface area contributed by atoms with Crippen LogP contribution in [0.4, 0.5) is 4.79 Å². The Morgan fingerprint density at radius 1 is 1.15 bits per heavy atom. The highest BCUT2D eigenvalue weighted by Crippen LogP contribution is 2.19. The second-order valence-corrected chi connectivity index (χ2v) is 5.40. The van der Waals surface area contributed by atoms with Crippen molar-refractivity contribution in [2.24, 2.45) is 0 Å². The van der Waals surface area contributed by atoms with Crippen molar-refractivity contribution in [3.63, 3.8) is 0 Å². The predicted octanol–water partition coefficient (Wildman–Crippen LogP) is 2.19. The molecule has 0 radical (unpaired) electrons.